The van der Waals surface area contributed by atoms with Crippen LogP contribution in [0.4, 0.5) is 0 Å². The Morgan fingerprint density at radius 1 is 1.53 bits per heavy atom. The lowest BCUT2D eigenvalue weighted by Gasteiger charge is -2.26. The summed E-state index contributed by atoms with van der Waals surface area (Å²) in [4.78, 5) is 8.13. The van der Waals surface area contributed by atoms with Gasteiger partial charge in [-0.05, 0) is 24.3 Å². The molecule has 0 radical (unpaired) electrons. The molecule has 82 valence electrons. The van der Waals surface area contributed by atoms with Gasteiger partial charge in [-0.1, -0.05) is 13.8 Å². The van der Waals surface area contributed by atoms with E-state index in [0.717, 1.165) is 5.03 Å². The molecule has 1 aliphatic carbocycles. The largest absolute Gasteiger partial charge is 0.326 e. The molecule has 0 aromatic carbocycles. The summed E-state index contributed by atoms with van der Waals surface area (Å²) in [6, 6.07) is 2.21. The first kappa shape index (κ1) is 10.9. The second-order valence-electron chi connectivity index (χ2n) is 4.76. The van der Waals surface area contributed by atoms with Crippen molar-refractivity contribution in [2.24, 2.45) is 11.1 Å². The first-order chi connectivity index (χ1) is 7.09. The zero-order valence-corrected chi connectivity index (χ0v) is 10.00. The lowest BCUT2D eigenvalue weighted by Crippen LogP contribution is -2.38. The smallest absolute Gasteiger partial charge is 0.116 e. The number of thioether (sulfide) groups is 1. The Hall–Kier alpha value is -0.610. The molecule has 0 spiro atoms. The van der Waals surface area contributed by atoms with Crippen LogP contribution in [0.1, 0.15) is 26.7 Å². The van der Waals surface area contributed by atoms with Crippen LogP contribution in [0.15, 0.2) is 23.6 Å². The highest BCUT2D eigenvalue weighted by atomic mass is 32.2. The number of hydrogen-bond donors (Lipinski definition) is 1. The minimum Gasteiger partial charge on any atom is -0.326 e. The van der Waals surface area contributed by atoms with E-state index in [9.17, 15) is 0 Å². The summed E-state index contributed by atoms with van der Waals surface area (Å²) in [5, 5.41) is 1.53. The van der Waals surface area contributed by atoms with E-state index in [4.69, 9.17) is 5.73 Å². The van der Waals surface area contributed by atoms with Gasteiger partial charge in [-0.3, -0.25) is 0 Å². The summed E-state index contributed by atoms with van der Waals surface area (Å²) >= 11 is 1.79. The predicted octanol–water partition coefficient (Wildman–Crippen LogP) is 2.08. The fraction of sp³-hybridized carbons (Fsp3) is 0.636. The van der Waals surface area contributed by atoms with Gasteiger partial charge >= 0.3 is 0 Å². The van der Waals surface area contributed by atoms with Gasteiger partial charge in [-0.25, -0.2) is 9.97 Å². The molecule has 1 aromatic heterocycles. The van der Waals surface area contributed by atoms with Gasteiger partial charge in [0.15, 0.2) is 0 Å². The third kappa shape index (κ3) is 2.32. The maximum Gasteiger partial charge on any atom is 0.116 e. The second-order valence-corrected chi connectivity index (χ2v) is 6.02. The number of rotatable bonds is 2. The number of hydrogen-bond acceptors (Lipinski definition) is 4. The van der Waals surface area contributed by atoms with Crippen LogP contribution in [0.5, 0.6) is 0 Å². The van der Waals surface area contributed by atoms with Crippen molar-refractivity contribution in [2.45, 2.75) is 43.0 Å². The average Bonchev–Trinajstić information content (AvgIpc) is 2.47. The average molecular weight is 223 g/mol. The zero-order chi connectivity index (χ0) is 10.9. The van der Waals surface area contributed by atoms with Crippen LogP contribution in [-0.4, -0.2) is 21.3 Å². The van der Waals surface area contributed by atoms with Crippen molar-refractivity contribution in [2.75, 3.05) is 0 Å². The van der Waals surface area contributed by atoms with Gasteiger partial charge in [0.05, 0.1) is 5.03 Å². The van der Waals surface area contributed by atoms with Crippen LogP contribution in [-0.2, 0) is 0 Å². The molecule has 1 aromatic rings. The van der Waals surface area contributed by atoms with Crippen LogP contribution in [0.25, 0.3) is 0 Å². The fourth-order valence-electron chi connectivity index (χ4n) is 2.00. The standard InChI is InChI=1S/C11H17N3S/c1-11(2)5-3-8(10(11)12)15-9-4-6-13-7-14-9/h4,6-8,10H,3,5,12H2,1-2H3. The monoisotopic (exact) mass is 223 g/mol. The molecular formula is C11H17N3S. The minimum atomic E-state index is 0.262. The molecule has 4 heteroatoms. The molecule has 0 bridgehead atoms. The quantitative estimate of drug-likeness (QED) is 0.780. The van der Waals surface area contributed by atoms with Crippen molar-refractivity contribution in [3.8, 4) is 0 Å². The van der Waals surface area contributed by atoms with Crippen LogP contribution >= 0.6 is 11.8 Å². The molecule has 1 fully saturated rings. The highest BCUT2D eigenvalue weighted by molar-refractivity contribution is 7.99. The Bertz CT molecular complexity index is 326. The van der Waals surface area contributed by atoms with E-state index in [2.05, 4.69) is 23.8 Å². The molecule has 2 unspecified atom stereocenters. The molecule has 3 nitrogen and oxygen atoms in total. The molecule has 0 amide bonds. The van der Waals surface area contributed by atoms with Crippen molar-refractivity contribution in [3.05, 3.63) is 18.6 Å². The summed E-state index contributed by atoms with van der Waals surface area (Å²) in [5.74, 6) is 0. The third-order valence-electron chi connectivity index (χ3n) is 3.20. The molecule has 1 saturated carbocycles. The Morgan fingerprint density at radius 2 is 2.33 bits per heavy atom. The highest BCUT2D eigenvalue weighted by Gasteiger charge is 2.39. The van der Waals surface area contributed by atoms with Gasteiger partial charge < -0.3 is 5.73 Å². The van der Waals surface area contributed by atoms with E-state index >= 15 is 0 Å². The topological polar surface area (TPSA) is 51.8 Å². The van der Waals surface area contributed by atoms with Gasteiger partial charge in [-0.2, -0.15) is 0 Å². The van der Waals surface area contributed by atoms with Crippen molar-refractivity contribution >= 4 is 11.8 Å². The Morgan fingerprint density at radius 3 is 2.87 bits per heavy atom. The summed E-state index contributed by atoms with van der Waals surface area (Å²) in [6.45, 7) is 4.50. The van der Waals surface area contributed by atoms with Crippen molar-refractivity contribution in [3.63, 3.8) is 0 Å². The number of aromatic nitrogens is 2. The minimum absolute atomic E-state index is 0.262. The maximum absolute atomic E-state index is 6.24. The van der Waals surface area contributed by atoms with Crippen molar-refractivity contribution in [1.82, 2.24) is 9.97 Å². The lowest BCUT2D eigenvalue weighted by atomic mass is 9.88. The van der Waals surface area contributed by atoms with E-state index in [1.165, 1.54) is 12.8 Å². The summed E-state index contributed by atoms with van der Waals surface area (Å²) < 4.78 is 0. The number of nitrogens with two attached hydrogens (primary N) is 1. The molecular weight excluding hydrogens is 206 g/mol. The van der Waals surface area contributed by atoms with Crippen LogP contribution in [0.3, 0.4) is 0 Å². The highest BCUT2D eigenvalue weighted by Crippen LogP contribution is 2.43. The first-order valence-corrected chi connectivity index (χ1v) is 6.16. The molecule has 2 rings (SSSR count). The van der Waals surface area contributed by atoms with Gasteiger partial charge in [0.1, 0.15) is 6.33 Å². The Kier molecular flexibility index (Phi) is 2.98. The second kappa shape index (κ2) is 4.10. The fourth-order valence-corrected chi connectivity index (χ4v) is 3.31. The SMILES string of the molecule is CC1(C)CCC(Sc2ccncn2)C1N. The van der Waals surface area contributed by atoms with Gasteiger partial charge in [-0.15, -0.1) is 11.8 Å². The van der Waals surface area contributed by atoms with Gasteiger partial charge in [0.25, 0.3) is 0 Å². The van der Waals surface area contributed by atoms with E-state index in [0.29, 0.717) is 5.25 Å². The van der Waals surface area contributed by atoms with Gasteiger partial charge in [0, 0.05) is 17.5 Å². The van der Waals surface area contributed by atoms with Crippen molar-refractivity contribution in [1.29, 1.82) is 0 Å². The summed E-state index contributed by atoms with van der Waals surface area (Å²) in [7, 11) is 0. The van der Waals surface area contributed by atoms with Crippen molar-refractivity contribution < 1.29 is 0 Å². The lowest BCUT2D eigenvalue weighted by molar-refractivity contribution is 0.334. The molecule has 1 heterocycles. The normalized spacial score (nSPS) is 29.3. The predicted molar refractivity (Wildman–Crippen MR) is 62.7 cm³/mol. The Balaban J connectivity index is 2.03. The van der Waals surface area contributed by atoms with Crippen LogP contribution < -0.4 is 5.73 Å². The summed E-state index contributed by atoms with van der Waals surface area (Å²) in [5.41, 5.74) is 6.51. The third-order valence-corrected chi connectivity index (χ3v) is 4.52. The van der Waals surface area contributed by atoms with E-state index in [1.54, 1.807) is 24.3 Å². The van der Waals surface area contributed by atoms with Crippen LogP contribution in [0, 0.1) is 5.41 Å². The molecule has 1 aliphatic rings. The molecule has 2 atom stereocenters. The van der Waals surface area contributed by atoms with E-state index < -0.39 is 0 Å². The van der Waals surface area contributed by atoms with Crippen LogP contribution in [0.2, 0.25) is 0 Å². The van der Waals surface area contributed by atoms with E-state index in [-0.39, 0.29) is 11.5 Å². The summed E-state index contributed by atoms with van der Waals surface area (Å²) in [6.07, 6.45) is 5.76. The first-order valence-electron chi connectivity index (χ1n) is 5.28. The Labute approximate surface area is 94.9 Å². The molecule has 0 aliphatic heterocycles. The number of nitrogens with zero attached hydrogens (tertiary/aromatic N) is 2. The molecule has 2 N–H and O–H groups in total. The van der Waals surface area contributed by atoms with E-state index in [1.807, 2.05) is 6.07 Å². The van der Waals surface area contributed by atoms with Gasteiger partial charge in [0.2, 0.25) is 0 Å². The molecule has 15 heavy (non-hydrogen) atoms. The maximum atomic E-state index is 6.24. The molecule has 0 saturated heterocycles. The zero-order valence-electron chi connectivity index (χ0n) is 9.18.